The summed E-state index contributed by atoms with van der Waals surface area (Å²) in [4.78, 5) is 24.4. The molecule has 3 aliphatic heterocycles. The van der Waals surface area contributed by atoms with E-state index in [0.717, 1.165) is 18.4 Å². The number of aromatic hydroxyl groups is 1. The molecule has 0 amide bonds. The minimum atomic E-state index is -1.68. The van der Waals surface area contributed by atoms with Gasteiger partial charge >= 0.3 is 5.97 Å². The van der Waals surface area contributed by atoms with Gasteiger partial charge in [-0.1, -0.05) is 19.1 Å². The van der Waals surface area contributed by atoms with Gasteiger partial charge in [0.2, 0.25) is 6.29 Å². The van der Waals surface area contributed by atoms with E-state index in [1.807, 2.05) is 0 Å². The van der Waals surface area contributed by atoms with Crippen LogP contribution in [0.1, 0.15) is 59.4 Å². The zero-order valence-electron chi connectivity index (χ0n) is 26.1. The highest BCUT2D eigenvalue weighted by molar-refractivity contribution is 6.08. The Bertz CT molecular complexity index is 1670. The third-order valence-corrected chi connectivity index (χ3v) is 11.1. The molecule has 2 aromatic carbocycles. The number of Topliss-reactive ketones (excluding diaryl/α,β-unsaturated/α-hetero) is 1. The van der Waals surface area contributed by atoms with E-state index in [4.69, 9.17) is 18.9 Å². The van der Waals surface area contributed by atoms with E-state index in [1.54, 1.807) is 13.0 Å². The number of hydrogen-bond acceptors (Lipinski definition) is 10. The van der Waals surface area contributed by atoms with Crippen molar-refractivity contribution in [2.75, 3.05) is 26.4 Å². The Kier molecular flexibility index (Phi) is 7.77. The summed E-state index contributed by atoms with van der Waals surface area (Å²) in [7, 11) is 0. The summed E-state index contributed by atoms with van der Waals surface area (Å²) in [5.74, 6) is -1.28. The van der Waals surface area contributed by atoms with Crippen molar-refractivity contribution in [2.45, 2.75) is 70.2 Å². The molecular formula is C35H40O11. The molecule has 5 N–H and O–H groups in total. The molecular weight excluding hydrogens is 596 g/mol. The van der Waals surface area contributed by atoms with Crippen LogP contribution in [0, 0.1) is 30.6 Å². The van der Waals surface area contributed by atoms with Crippen molar-refractivity contribution in [1.82, 2.24) is 0 Å². The summed E-state index contributed by atoms with van der Waals surface area (Å²) >= 11 is 0. The van der Waals surface area contributed by atoms with Crippen molar-refractivity contribution in [3.63, 3.8) is 0 Å². The van der Waals surface area contributed by atoms with Crippen LogP contribution in [0.15, 0.2) is 41.0 Å². The van der Waals surface area contributed by atoms with Gasteiger partial charge in [-0.3, -0.25) is 4.79 Å². The predicted molar refractivity (Wildman–Crippen MR) is 164 cm³/mol. The van der Waals surface area contributed by atoms with Gasteiger partial charge in [0.15, 0.2) is 5.78 Å². The number of allylic oxidation sites excluding steroid dienone is 2. The third-order valence-electron chi connectivity index (χ3n) is 11.1. The Hall–Kier alpha value is -3.32. The van der Waals surface area contributed by atoms with Gasteiger partial charge in [0.05, 0.1) is 36.3 Å². The lowest BCUT2D eigenvalue weighted by atomic mass is 9.58. The Morgan fingerprint density at radius 1 is 1.15 bits per heavy atom. The molecule has 2 aromatic rings. The van der Waals surface area contributed by atoms with Crippen LogP contribution in [-0.2, 0) is 14.2 Å². The lowest BCUT2D eigenvalue weighted by Crippen LogP contribution is -2.69. The van der Waals surface area contributed by atoms with Crippen molar-refractivity contribution in [1.29, 1.82) is 0 Å². The molecule has 0 bridgehead atoms. The molecule has 246 valence electrons. The molecule has 3 fully saturated rings. The van der Waals surface area contributed by atoms with Crippen molar-refractivity contribution >= 4 is 22.5 Å². The second-order valence-electron chi connectivity index (χ2n) is 13.5. The zero-order chi connectivity index (χ0) is 32.7. The highest BCUT2D eigenvalue weighted by Gasteiger charge is 2.61. The van der Waals surface area contributed by atoms with E-state index in [9.17, 15) is 35.1 Å². The lowest BCUT2D eigenvalue weighted by Gasteiger charge is -2.53. The number of carbonyl (C=O) groups excluding carboxylic acids is 1. The van der Waals surface area contributed by atoms with Crippen molar-refractivity contribution < 1.29 is 54.1 Å². The molecule has 9 atom stereocenters. The average molecular weight is 637 g/mol. The van der Waals surface area contributed by atoms with Crippen LogP contribution in [0.5, 0.6) is 11.5 Å². The number of aromatic carboxylic acids is 1. The van der Waals surface area contributed by atoms with Gasteiger partial charge in [-0.25, -0.2) is 4.79 Å². The zero-order valence-corrected chi connectivity index (χ0v) is 26.1. The number of ketones is 1. The number of phenolic OH excluding ortho intramolecular Hbond substituents is 1. The first-order valence-corrected chi connectivity index (χ1v) is 15.9. The molecule has 0 aromatic heterocycles. The number of aliphatic hydroxyl groups is 3. The predicted octanol–water partition coefficient (Wildman–Crippen LogP) is 3.28. The standard InChI is InChI=1S/C35H40O11/c1-15-8-19-9-20(33(41)42)10-25(29(19)30(38)27(15)17(3)37)45-34-31(39)32(40)35(26(12-36)46-34)11-23-16(2)21-6-7-43-14-24(21)22-5-4-18(13-44-35)28(22)23/h5,8-10,16,21,23-24,26,31-32,34,36,38-40H,4,6-7,11-14H2,1-3H3,(H,41,42). The highest BCUT2D eigenvalue weighted by Crippen LogP contribution is 2.57. The van der Waals surface area contributed by atoms with Crippen LogP contribution in [0.25, 0.3) is 10.8 Å². The highest BCUT2D eigenvalue weighted by atomic mass is 16.7. The lowest BCUT2D eigenvalue weighted by molar-refractivity contribution is -0.325. The Balaban J connectivity index is 1.24. The smallest absolute Gasteiger partial charge is 0.335 e. The van der Waals surface area contributed by atoms with Crippen LogP contribution in [0.3, 0.4) is 0 Å². The monoisotopic (exact) mass is 636 g/mol. The molecule has 7 rings (SSSR count). The number of aliphatic hydroxyl groups excluding tert-OH is 3. The molecule has 5 aliphatic rings. The summed E-state index contributed by atoms with van der Waals surface area (Å²) in [6, 6.07) is 4.09. The van der Waals surface area contributed by atoms with Crippen molar-refractivity contribution in [3.05, 3.63) is 57.7 Å². The SMILES string of the molecule is CC(=O)c1c(C)cc2cc(C(=O)O)cc(OC3OC(CO)C4(CC5C6=C(CC=C6C6COCCC6C5C)CO4)C(O)C3O)c2c1O. The molecule has 2 saturated heterocycles. The number of hydrogen-bond donors (Lipinski definition) is 5. The van der Waals surface area contributed by atoms with Crippen LogP contribution >= 0.6 is 0 Å². The quantitative estimate of drug-likeness (QED) is 0.305. The van der Waals surface area contributed by atoms with Crippen molar-refractivity contribution in [3.8, 4) is 11.5 Å². The molecule has 2 aliphatic carbocycles. The molecule has 0 radical (unpaired) electrons. The van der Waals surface area contributed by atoms with Crippen molar-refractivity contribution in [2.24, 2.45) is 23.7 Å². The van der Waals surface area contributed by atoms with Crippen LogP contribution < -0.4 is 4.74 Å². The summed E-state index contributed by atoms with van der Waals surface area (Å²) in [6.07, 6.45) is -1.66. The number of aryl methyl sites for hydroxylation is 1. The first-order chi connectivity index (χ1) is 22.0. The molecule has 11 heteroatoms. The maximum absolute atomic E-state index is 12.4. The molecule has 3 heterocycles. The molecule has 11 nitrogen and oxygen atoms in total. The number of carbonyl (C=O) groups is 2. The van der Waals surface area contributed by atoms with Crippen LogP contribution in [0.4, 0.5) is 0 Å². The number of ether oxygens (including phenoxy) is 4. The number of phenols is 1. The second kappa shape index (κ2) is 11.4. The minimum Gasteiger partial charge on any atom is -0.506 e. The third kappa shape index (κ3) is 4.63. The number of benzene rings is 2. The van der Waals surface area contributed by atoms with Crippen LogP contribution in [0.2, 0.25) is 0 Å². The second-order valence-corrected chi connectivity index (χ2v) is 13.5. The first kappa shape index (κ1) is 31.3. The van der Waals surface area contributed by atoms with E-state index in [0.29, 0.717) is 42.4 Å². The minimum absolute atomic E-state index is 0.00366. The number of fused-ring (bicyclic) bond motifs is 3. The fraction of sp³-hybridized carbons (Fsp3) is 0.543. The van der Waals surface area contributed by atoms with Gasteiger partial charge in [-0.15, -0.1) is 0 Å². The van der Waals surface area contributed by atoms with Gasteiger partial charge in [0.25, 0.3) is 0 Å². The topological polar surface area (TPSA) is 172 Å². The summed E-state index contributed by atoms with van der Waals surface area (Å²) in [5, 5.41) is 55.5. The molecule has 46 heavy (non-hydrogen) atoms. The Morgan fingerprint density at radius 3 is 2.65 bits per heavy atom. The normalized spacial score (nSPS) is 35.4. The number of carboxylic acid groups (broad SMARTS) is 1. The number of carboxylic acids is 1. The van der Waals surface area contributed by atoms with Gasteiger partial charge in [0.1, 0.15) is 35.4 Å². The van der Waals surface area contributed by atoms with Gasteiger partial charge in [-0.05, 0) is 90.7 Å². The van der Waals surface area contributed by atoms with E-state index in [-0.39, 0.29) is 40.7 Å². The fourth-order valence-electron chi connectivity index (χ4n) is 8.92. The van der Waals surface area contributed by atoms with E-state index >= 15 is 0 Å². The van der Waals surface area contributed by atoms with E-state index in [1.165, 1.54) is 30.2 Å². The van der Waals surface area contributed by atoms with Gasteiger partial charge in [0, 0.05) is 12.5 Å². The van der Waals surface area contributed by atoms with E-state index < -0.39 is 54.3 Å². The molecule has 1 saturated carbocycles. The maximum Gasteiger partial charge on any atom is 0.335 e. The summed E-state index contributed by atoms with van der Waals surface area (Å²) in [6.45, 7) is 6.20. The van der Waals surface area contributed by atoms with E-state index in [2.05, 4.69) is 13.0 Å². The summed E-state index contributed by atoms with van der Waals surface area (Å²) < 4.78 is 24.7. The maximum atomic E-state index is 12.4. The Labute approximate surface area is 266 Å². The number of rotatable bonds is 5. The molecule has 1 spiro atoms. The molecule has 9 unspecified atom stereocenters. The summed E-state index contributed by atoms with van der Waals surface area (Å²) in [5.41, 5.74) is 2.55. The average Bonchev–Trinajstić information content (AvgIpc) is 3.37. The van der Waals surface area contributed by atoms with Crippen LogP contribution in [-0.4, -0.2) is 93.9 Å². The van der Waals surface area contributed by atoms with Gasteiger partial charge < -0.3 is 44.5 Å². The first-order valence-electron chi connectivity index (χ1n) is 15.9. The van der Waals surface area contributed by atoms with Gasteiger partial charge in [-0.2, -0.15) is 0 Å². The fourth-order valence-corrected chi connectivity index (χ4v) is 8.92. The largest absolute Gasteiger partial charge is 0.506 e. The Morgan fingerprint density at radius 2 is 1.93 bits per heavy atom.